The molecule has 1 saturated carbocycles. The van der Waals surface area contributed by atoms with Gasteiger partial charge in [0.15, 0.2) is 23.1 Å². The third kappa shape index (κ3) is 4.08. The summed E-state index contributed by atoms with van der Waals surface area (Å²) in [4.78, 5) is 0. The highest BCUT2D eigenvalue weighted by molar-refractivity contribution is 5.43. The minimum atomic E-state index is -0.317. The Kier molecular flexibility index (Phi) is 6.01. The molecule has 3 N–H and O–H groups in total. The van der Waals surface area contributed by atoms with Crippen LogP contribution in [0.25, 0.3) is 0 Å². The van der Waals surface area contributed by atoms with Crippen LogP contribution in [0.4, 0.5) is 0 Å². The van der Waals surface area contributed by atoms with Gasteiger partial charge >= 0.3 is 0 Å². The zero-order valence-corrected chi connectivity index (χ0v) is 15.7. The van der Waals surface area contributed by atoms with Crippen LogP contribution in [0.1, 0.15) is 37.3 Å². The van der Waals surface area contributed by atoms with E-state index in [1.807, 2.05) is 18.2 Å². The summed E-state index contributed by atoms with van der Waals surface area (Å²) in [6.07, 6.45) is 4.20. The number of hydrogen-bond donors (Lipinski definition) is 3. The van der Waals surface area contributed by atoms with E-state index in [0.717, 1.165) is 37.3 Å². The smallest absolute Gasteiger partial charge is 0.237 e. The Morgan fingerprint density at radius 1 is 1.00 bits per heavy atom. The number of rotatable bonds is 7. The Morgan fingerprint density at radius 3 is 2.41 bits per heavy atom. The Balaban J connectivity index is 1.65. The second-order valence-electron chi connectivity index (χ2n) is 6.78. The van der Waals surface area contributed by atoms with E-state index in [0.29, 0.717) is 24.5 Å². The highest BCUT2D eigenvalue weighted by Crippen LogP contribution is 2.42. The first-order valence-electron chi connectivity index (χ1n) is 9.19. The molecule has 0 radical (unpaired) electrons. The van der Waals surface area contributed by atoms with Gasteiger partial charge in [-0.05, 0) is 37.0 Å². The van der Waals surface area contributed by atoms with Crippen LogP contribution in [0.15, 0.2) is 24.3 Å². The average molecular weight is 377 g/mol. The van der Waals surface area contributed by atoms with Gasteiger partial charge in [0.2, 0.25) is 5.88 Å². The van der Waals surface area contributed by atoms with Crippen LogP contribution in [0.5, 0.6) is 29.0 Å². The molecule has 1 aromatic carbocycles. The van der Waals surface area contributed by atoms with Crippen LogP contribution < -0.4 is 9.47 Å². The standard InChI is InChI=1S/C20H27NO6/c1-25-17-8-7-13(11-18(17)26-2)9-10-27-16-6-4-3-5-14(16)21-19(23)12-15(22)20(21)24/h7-8,11-12,14,16,22-24H,3-6,9-10H2,1-2H3/t14-,16-/m1/s1. The Hall–Kier alpha value is -2.54. The van der Waals surface area contributed by atoms with Crippen LogP contribution in [0, 0.1) is 0 Å². The van der Waals surface area contributed by atoms with Crippen molar-refractivity contribution in [3.8, 4) is 29.0 Å². The van der Waals surface area contributed by atoms with E-state index < -0.39 is 0 Å². The summed E-state index contributed by atoms with van der Waals surface area (Å²) in [5.41, 5.74) is 1.07. The lowest BCUT2D eigenvalue weighted by molar-refractivity contribution is -0.00807. The maximum Gasteiger partial charge on any atom is 0.237 e. The van der Waals surface area contributed by atoms with Gasteiger partial charge in [-0.25, -0.2) is 0 Å². The van der Waals surface area contributed by atoms with E-state index in [2.05, 4.69) is 0 Å². The second-order valence-corrected chi connectivity index (χ2v) is 6.78. The van der Waals surface area contributed by atoms with E-state index in [4.69, 9.17) is 14.2 Å². The molecule has 7 heteroatoms. The minimum Gasteiger partial charge on any atom is -0.503 e. The van der Waals surface area contributed by atoms with Gasteiger partial charge < -0.3 is 29.5 Å². The van der Waals surface area contributed by atoms with Crippen LogP contribution in [-0.4, -0.2) is 46.8 Å². The number of hydrogen-bond acceptors (Lipinski definition) is 6. The second kappa shape index (κ2) is 8.43. The molecule has 2 atom stereocenters. The van der Waals surface area contributed by atoms with Crippen molar-refractivity contribution in [2.75, 3.05) is 20.8 Å². The average Bonchev–Trinajstić information content (AvgIpc) is 2.93. The fourth-order valence-electron chi connectivity index (χ4n) is 3.75. The third-order valence-corrected chi connectivity index (χ3v) is 5.14. The molecule has 0 aliphatic heterocycles. The van der Waals surface area contributed by atoms with Gasteiger partial charge in [0, 0.05) is 6.07 Å². The number of aromatic hydroxyl groups is 3. The molecule has 1 heterocycles. The quantitative estimate of drug-likeness (QED) is 0.685. The van der Waals surface area contributed by atoms with Crippen LogP contribution >= 0.6 is 0 Å². The van der Waals surface area contributed by atoms with Gasteiger partial charge in [-0.1, -0.05) is 18.9 Å². The number of methoxy groups -OCH3 is 2. The summed E-state index contributed by atoms with van der Waals surface area (Å²) in [5.74, 6) is 0.594. The minimum absolute atomic E-state index is 0.137. The number of ether oxygens (including phenoxy) is 3. The lowest BCUT2D eigenvalue weighted by Crippen LogP contribution is -2.30. The maximum absolute atomic E-state index is 10.1. The van der Waals surface area contributed by atoms with Crippen molar-refractivity contribution in [2.24, 2.45) is 0 Å². The van der Waals surface area contributed by atoms with Crippen molar-refractivity contribution in [3.63, 3.8) is 0 Å². The van der Waals surface area contributed by atoms with E-state index in [1.54, 1.807) is 14.2 Å². The first-order chi connectivity index (χ1) is 13.0. The van der Waals surface area contributed by atoms with Gasteiger partial charge in [0.05, 0.1) is 33.0 Å². The first-order valence-corrected chi connectivity index (χ1v) is 9.19. The zero-order valence-electron chi connectivity index (χ0n) is 15.7. The zero-order chi connectivity index (χ0) is 19.4. The molecule has 0 bridgehead atoms. The van der Waals surface area contributed by atoms with Gasteiger partial charge in [-0.15, -0.1) is 0 Å². The molecular formula is C20H27NO6. The largest absolute Gasteiger partial charge is 0.503 e. The number of aromatic nitrogens is 1. The molecule has 1 fully saturated rings. The van der Waals surface area contributed by atoms with Gasteiger partial charge in [0.1, 0.15) is 0 Å². The van der Waals surface area contributed by atoms with Gasteiger partial charge in [-0.2, -0.15) is 0 Å². The molecule has 0 amide bonds. The van der Waals surface area contributed by atoms with Crippen molar-refractivity contribution < 1.29 is 29.5 Å². The van der Waals surface area contributed by atoms with E-state index in [-0.39, 0.29) is 29.7 Å². The molecule has 2 aromatic rings. The molecule has 7 nitrogen and oxygen atoms in total. The first kappa shape index (κ1) is 19.2. The maximum atomic E-state index is 10.1. The molecule has 1 aliphatic carbocycles. The summed E-state index contributed by atoms with van der Waals surface area (Å²) in [6.45, 7) is 0.505. The lowest BCUT2D eigenvalue weighted by Gasteiger charge is -2.33. The molecule has 1 aromatic heterocycles. The fraction of sp³-hybridized carbons (Fsp3) is 0.500. The predicted octanol–water partition coefficient (Wildman–Crippen LogP) is 3.37. The van der Waals surface area contributed by atoms with Crippen molar-refractivity contribution >= 4 is 0 Å². The summed E-state index contributed by atoms with van der Waals surface area (Å²) in [6, 6.07) is 6.73. The number of nitrogens with zero attached hydrogens (tertiary/aromatic N) is 1. The van der Waals surface area contributed by atoms with E-state index >= 15 is 0 Å². The number of benzene rings is 1. The van der Waals surface area contributed by atoms with E-state index in [1.165, 1.54) is 4.57 Å². The topological polar surface area (TPSA) is 93.3 Å². The van der Waals surface area contributed by atoms with E-state index in [9.17, 15) is 15.3 Å². The van der Waals surface area contributed by atoms with Crippen molar-refractivity contribution in [3.05, 3.63) is 29.8 Å². The molecular weight excluding hydrogens is 350 g/mol. The summed E-state index contributed by atoms with van der Waals surface area (Å²) in [7, 11) is 3.21. The lowest BCUT2D eigenvalue weighted by atomic mass is 9.92. The van der Waals surface area contributed by atoms with Crippen molar-refractivity contribution in [1.82, 2.24) is 4.57 Å². The molecule has 27 heavy (non-hydrogen) atoms. The Bertz CT molecular complexity index is 772. The highest BCUT2D eigenvalue weighted by Gasteiger charge is 2.31. The molecule has 148 valence electrons. The Morgan fingerprint density at radius 2 is 1.74 bits per heavy atom. The molecule has 0 saturated heterocycles. The highest BCUT2D eigenvalue weighted by atomic mass is 16.5. The van der Waals surface area contributed by atoms with Crippen LogP contribution in [0.2, 0.25) is 0 Å². The SMILES string of the molecule is COc1ccc(CCO[C@@H]2CCCC[C@H]2n2c(O)cc(O)c2O)cc1OC. The predicted molar refractivity (Wildman–Crippen MR) is 99.9 cm³/mol. The fourth-order valence-corrected chi connectivity index (χ4v) is 3.75. The summed E-state index contributed by atoms with van der Waals surface area (Å²) >= 11 is 0. The summed E-state index contributed by atoms with van der Waals surface area (Å²) < 4.78 is 18.1. The van der Waals surface area contributed by atoms with Gasteiger partial charge in [-0.3, -0.25) is 4.57 Å². The monoisotopic (exact) mass is 377 g/mol. The third-order valence-electron chi connectivity index (χ3n) is 5.14. The van der Waals surface area contributed by atoms with Gasteiger partial charge in [0.25, 0.3) is 0 Å². The Labute approximate surface area is 158 Å². The summed E-state index contributed by atoms with van der Waals surface area (Å²) in [5, 5.41) is 29.8. The molecule has 1 aliphatic rings. The van der Waals surface area contributed by atoms with Crippen molar-refractivity contribution in [2.45, 2.75) is 44.2 Å². The van der Waals surface area contributed by atoms with Crippen molar-refractivity contribution in [1.29, 1.82) is 0 Å². The van der Waals surface area contributed by atoms with Crippen LogP contribution in [0.3, 0.4) is 0 Å². The van der Waals surface area contributed by atoms with Crippen LogP contribution in [-0.2, 0) is 11.2 Å². The molecule has 0 spiro atoms. The molecule has 0 unspecified atom stereocenters. The molecule has 3 rings (SSSR count). The normalized spacial score (nSPS) is 19.8.